The number of aliphatic hydroxyl groups is 1. The van der Waals surface area contributed by atoms with Gasteiger partial charge in [-0.05, 0) is 81.0 Å². The minimum atomic E-state index is -0.377. The molecule has 6 aromatic rings. The third kappa shape index (κ3) is 8.04. The molecule has 49 heavy (non-hydrogen) atoms. The van der Waals surface area contributed by atoms with Crippen LogP contribution < -0.4 is 0 Å². The van der Waals surface area contributed by atoms with Gasteiger partial charge in [0, 0.05) is 43.2 Å². The molecule has 0 fully saturated rings. The molecule has 4 heteroatoms. The Hall–Kier alpha value is -4.11. The van der Waals surface area contributed by atoms with Gasteiger partial charge in [0.15, 0.2) is 5.78 Å². The first-order valence-corrected chi connectivity index (χ1v) is 17.0. The molecule has 1 N–H and O–H groups in total. The SMILES string of the molecule is CCC(C)(C)C(=O)/C=C(\O)C(C)(C)CC.Cc1[c-]c(-c2nccc3cc(-c4ccccc4)c4c5ccc(C)cc5ccc4c23)cc(C)c1.[Ir]. The normalized spacial score (nSPS) is 12.1. The maximum absolute atomic E-state index is 11.8. The van der Waals surface area contributed by atoms with E-state index in [1.54, 1.807) is 0 Å². The molecule has 0 aliphatic rings. The molecule has 0 atom stereocenters. The number of aromatic nitrogens is 1. The number of aryl methyl sites for hydroxylation is 3. The average molecular weight is 827 g/mol. The van der Waals surface area contributed by atoms with E-state index in [2.05, 4.69) is 112 Å². The number of aliphatic hydroxyl groups excluding tert-OH is 1. The Labute approximate surface area is 305 Å². The summed E-state index contributed by atoms with van der Waals surface area (Å²) in [7, 11) is 0. The molecule has 5 aromatic carbocycles. The summed E-state index contributed by atoms with van der Waals surface area (Å²) in [6, 6.07) is 34.4. The molecule has 0 spiro atoms. The number of carbonyl (C=O) groups is 1. The summed E-state index contributed by atoms with van der Waals surface area (Å²) >= 11 is 0. The first kappa shape index (κ1) is 37.7. The first-order chi connectivity index (χ1) is 22.8. The number of hydrogen-bond donors (Lipinski definition) is 1. The molecule has 255 valence electrons. The number of carbonyl (C=O) groups excluding carboxylic acids is 1. The molecule has 1 radical (unpaired) electrons. The summed E-state index contributed by atoms with van der Waals surface area (Å²) in [5, 5.41) is 17.3. The van der Waals surface area contributed by atoms with Crippen molar-refractivity contribution in [2.75, 3.05) is 0 Å². The van der Waals surface area contributed by atoms with Crippen LogP contribution in [0.1, 0.15) is 71.1 Å². The van der Waals surface area contributed by atoms with Crippen LogP contribution in [0, 0.1) is 37.7 Å². The largest absolute Gasteiger partial charge is 0.512 e. The third-order valence-electron chi connectivity index (χ3n) is 9.88. The number of rotatable bonds is 7. The maximum Gasteiger partial charge on any atom is 0.164 e. The molecule has 3 nitrogen and oxygen atoms in total. The molecule has 1 heterocycles. The van der Waals surface area contributed by atoms with Crippen molar-refractivity contribution in [3.63, 3.8) is 0 Å². The Bertz CT molecular complexity index is 2140. The molecular weight excluding hydrogens is 779 g/mol. The second-order valence-electron chi connectivity index (χ2n) is 14.4. The number of benzene rings is 5. The second kappa shape index (κ2) is 15.2. The fourth-order valence-electron chi connectivity index (χ4n) is 6.00. The van der Waals surface area contributed by atoms with E-state index in [1.165, 1.54) is 60.6 Å². The molecule has 0 saturated carbocycles. The van der Waals surface area contributed by atoms with Gasteiger partial charge < -0.3 is 10.1 Å². The first-order valence-electron chi connectivity index (χ1n) is 17.0. The number of hydrogen-bond acceptors (Lipinski definition) is 3. The van der Waals surface area contributed by atoms with Crippen molar-refractivity contribution in [3.8, 4) is 22.4 Å². The Morgan fingerprint density at radius 1 is 0.755 bits per heavy atom. The van der Waals surface area contributed by atoms with Gasteiger partial charge >= 0.3 is 0 Å². The van der Waals surface area contributed by atoms with Crippen LogP contribution >= 0.6 is 0 Å². The predicted octanol–water partition coefficient (Wildman–Crippen LogP) is 12.5. The van der Waals surface area contributed by atoms with Crippen LogP contribution in [0.15, 0.2) is 103 Å². The minimum Gasteiger partial charge on any atom is -0.512 e. The van der Waals surface area contributed by atoms with E-state index >= 15 is 0 Å². The second-order valence-corrected chi connectivity index (χ2v) is 14.4. The molecule has 0 bridgehead atoms. The van der Waals surface area contributed by atoms with Gasteiger partial charge in [0.2, 0.25) is 0 Å². The van der Waals surface area contributed by atoms with Crippen molar-refractivity contribution >= 4 is 38.1 Å². The van der Waals surface area contributed by atoms with Gasteiger partial charge in [-0.3, -0.25) is 4.79 Å². The molecule has 0 saturated heterocycles. The van der Waals surface area contributed by atoms with Crippen LogP contribution in [0.2, 0.25) is 0 Å². The van der Waals surface area contributed by atoms with Gasteiger partial charge in [0.1, 0.15) is 5.76 Å². The van der Waals surface area contributed by atoms with Crippen LogP contribution in [0.4, 0.5) is 0 Å². The molecule has 0 unspecified atom stereocenters. The van der Waals surface area contributed by atoms with Crippen molar-refractivity contribution in [1.82, 2.24) is 4.98 Å². The summed E-state index contributed by atoms with van der Waals surface area (Å²) in [4.78, 5) is 16.7. The number of nitrogens with zero attached hydrogens (tertiary/aromatic N) is 1. The van der Waals surface area contributed by atoms with E-state index in [9.17, 15) is 9.90 Å². The molecule has 1 aromatic heterocycles. The molecule has 0 amide bonds. The van der Waals surface area contributed by atoms with Crippen LogP contribution in [-0.4, -0.2) is 15.9 Å². The number of allylic oxidation sites excluding steroid dienone is 2. The third-order valence-corrected chi connectivity index (χ3v) is 9.88. The van der Waals surface area contributed by atoms with E-state index in [4.69, 9.17) is 4.98 Å². The van der Waals surface area contributed by atoms with Gasteiger partial charge in [-0.1, -0.05) is 122 Å². The Morgan fingerprint density at radius 3 is 2.08 bits per heavy atom. The van der Waals surface area contributed by atoms with Gasteiger partial charge in [-0.15, -0.1) is 34.9 Å². The number of fused-ring (bicyclic) bond motifs is 5. The minimum absolute atomic E-state index is 0. The smallest absolute Gasteiger partial charge is 0.164 e. The molecule has 0 aliphatic heterocycles. The summed E-state index contributed by atoms with van der Waals surface area (Å²) in [6.07, 6.45) is 4.92. The van der Waals surface area contributed by atoms with Gasteiger partial charge in [-0.2, -0.15) is 0 Å². The summed E-state index contributed by atoms with van der Waals surface area (Å²) in [6.45, 7) is 18.0. The maximum atomic E-state index is 11.8. The van der Waals surface area contributed by atoms with Gasteiger partial charge in [-0.25, -0.2) is 0 Å². The van der Waals surface area contributed by atoms with E-state index in [-0.39, 0.29) is 42.5 Å². The van der Waals surface area contributed by atoms with Crippen molar-refractivity contribution in [1.29, 1.82) is 0 Å². The van der Waals surface area contributed by atoms with Gasteiger partial charge in [0.25, 0.3) is 0 Å². The monoisotopic (exact) mass is 827 g/mol. The zero-order chi connectivity index (χ0) is 34.8. The van der Waals surface area contributed by atoms with Crippen LogP contribution in [-0.2, 0) is 24.9 Å². The zero-order valence-electron chi connectivity index (χ0n) is 30.3. The molecular formula is C45H48IrNO2-. The van der Waals surface area contributed by atoms with Crippen molar-refractivity contribution in [2.24, 2.45) is 10.8 Å². The fraction of sp³-hybridized carbons (Fsp3) is 0.289. The van der Waals surface area contributed by atoms with Crippen molar-refractivity contribution in [2.45, 2.75) is 75.2 Å². The molecule has 6 rings (SSSR count). The summed E-state index contributed by atoms with van der Waals surface area (Å²) in [5.74, 6) is 0.195. The summed E-state index contributed by atoms with van der Waals surface area (Å²) in [5.41, 5.74) is 7.49. The van der Waals surface area contributed by atoms with Crippen LogP contribution in [0.5, 0.6) is 0 Å². The van der Waals surface area contributed by atoms with Crippen LogP contribution in [0.3, 0.4) is 0 Å². The predicted molar refractivity (Wildman–Crippen MR) is 205 cm³/mol. The van der Waals surface area contributed by atoms with Gasteiger partial charge in [0.05, 0.1) is 0 Å². The van der Waals surface area contributed by atoms with E-state index in [0.717, 1.165) is 29.7 Å². The van der Waals surface area contributed by atoms with E-state index < -0.39 is 0 Å². The fourth-order valence-corrected chi connectivity index (χ4v) is 6.00. The topological polar surface area (TPSA) is 50.2 Å². The zero-order valence-corrected chi connectivity index (χ0v) is 32.7. The Balaban J connectivity index is 0.000000290. The Morgan fingerprint density at radius 2 is 1.43 bits per heavy atom. The Kier molecular flexibility index (Phi) is 11.7. The summed E-state index contributed by atoms with van der Waals surface area (Å²) < 4.78 is 0. The molecule has 0 aliphatic carbocycles. The average Bonchev–Trinajstić information content (AvgIpc) is 3.07. The quantitative estimate of drug-likeness (QED) is 0.0755. The van der Waals surface area contributed by atoms with Crippen LogP contribution in [0.25, 0.3) is 54.7 Å². The van der Waals surface area contributed by atoms with E-state index in [1.807, 2.05) is 47.7 Å². The van der Waals surface area contributed by atoms with Crippen molar-refractivity contribution in [3.05, 3.63) is 126 Å². The number of ketones is 1. The standard InChI is InChI=1S/C32H24N.C13H24O2.Ir/c1-20-9-11-27-24(16-20)10-12-28-30-25(19-29(31(27)28)23-7-5-4-6-8-23)13-14-33-32(30)26-17-21(2)15-22(3)18-26;1-7-12(3,4)10(14)9-11(15)13(5,6)8-2;/h4-17,19H,1-3H3;9,14H,7-8H2,1-6H3;/q-1;;/b;10-9-;. The van der Waals surface area contributed by atoms with Crippen molar-refractivity contribution < 1.29 is 30.0 Å². The number of pyridine rings is 1. The van der Waals surface area contributed by atoms with E-state index in [0.29, 0.717) is 0 Å².